The van der Waals surface area contributed by atoms with Crippen LogP contribution in [0.4, 0.5) is 5.69 Å². The molecule has 0 unspecified atom stereocenters. The number of ether oxygens (including phenoxy) is 1. The SMILES string of the molecule is C[C@@H]1CC[C@@H](CCC(=O)Nc2ccc3[nH]c(=S)oc3c2)O1. The van der Waals surface area contributed by atoms with Crippen LogP contribution in [0.3, 0.4) is 0 Å². The van der Waals surface area contributed by atoms with Gasteiger partial charge in [0.25, 0.3) is 4.84 Å². The van der Waals surface area contributed by atoms with E-state index in [2.05, 4.69) is 17.2 Å². The van der Waals surface area contributed by atoms with E-state index < -0.39 is 0 Å². The summed E-state index contributed by atoms with van der Waals surface area (Å²) >= 11 is 4.93. The van der Waals surface area contributed by atoms with E-state index in [-0.39, 0.29) is 12.0 Å². The third-order valence-electron chi connectivity index (χ3n) is 3.72. The van der Waals surface area contributed by atoms with Gasteiger partial charge in [-0.25, -0.2) is 0 Å². The molecule has 2 aromatic rings. The smallest absolute Gasteiger partial charge is 0.266 e. The second-order valence-electron chi connectivity index (χ2n) is 5.46. The highest BCUT2D eigenvalue weighted by molar-refractivity contribution is 7.71. The summed E-state index contributed by atoms with van der Waals surface area (Å²) in [6, 6.07) is 5.44. The fourth-order valence-corrected chi connectivity index (χ4v) is 2.84. The summed E-state index contributed by atoms with van der Waals surface area (Å²) in [5, 5.41) is 2.88. The van der Waals surface area contributed by atoms with Gasteiger partial charge in [-0.2, -0.15) is 0 Å². The van der Waals surface area contributed by atoms with Crippen LogP contribution in [-0.2, 0) is 9.53 Å². The highest BCUT2D eigenvalue weighted by Gasteiger charge is 2.22. The quantitative estimate of drug-likeness (QED) is 0.844. The largest absolute Gasteiger partial charge is 0.429 e. The van der Waals surface area contributed by atoms with Gasteiger partial charge in [0.05, 0.1) is 17.7 Å². The summed E-state index contributed by atoms with van der Waals surface area (Å²) in [7, 11) is 0. The van der Waals surface area contributed by atoms with Crippen LogP contribution >= 0.6 is 12.2 Å². The lowest BCUT2D eigenvalue weighted by atomic mass is 10.1. The Labute approximate surface area is 127 Å². The predicted octanol–water partition coefficient (Wildman–Crippen LogP) is 3.78. The van der Waals surface area contributed by atoms with Crippen molar-refractivity contribution in [3.63, 3.8) is 0 Å². The fraction of sp³-hybridized carbons (Fsp3) is 0.467. The van der Waals surface area contributed by atoms with Crippen LogP contribution in [0.2, 0.25) is 0 Å². The molecule has 0 aliphatic carbocycles. The van der Waals surface area contributed by atoms with Gasteiger partial charge in [0, 0.05) is 18.2 Å². The van der Waals surface area contributed by atoms with E-state index in [9.17, 15) is 4.79 Å². The summed E-state index contributed by atoms with van der Waals surface area (Å²) in [5.41, 5.74) is 2.18. The molecule has 2 N–H and O–H groups in total. The number of amides is 1. The number of aromatic amines is 1. The molecule has 1 aromatic carbocycles. The molecule has 0 bridgehead atoms. The van der Waals surface area contributed by atoms with Gasteiger partial charge >= 0.3 is 0 Å². The molecule has 1 fully saturated rings. The first-order chi connectivity index (χ1) is 10.1. The monoisotopic (exact) mass is 306 g/mol. The minimum atomic E-state index is -0.00774. The molecule has 3 rings (SSSR count). The zero-order valence-corrected chi connectivity index (χ0v) is 12.7. The Morgan fingerprint density at radius 3 is 3.10 bits per heavy atom. The second kappa shape index (κ2) is 5.99. The molecule has 2 atom stereocenters. The third kappa shape index (κ3) is 3.51. The van der Waals surface area contributed by atoms with Gasteiger partial charge in [-0.3, -0.25) is 4.79 Å². The number of oxazole rings is 1. The first-order valence-electron chi connectivity index (χ1n) is 7.18. The van der Waals surface area contributed by atoms with Crippen LogP contribution in [0.1, 0.15) is 32.6 Å². The second-order valence-corrected chi connectivity index (χ2v) is 5.83. The van der Waals surface area contributed by atoms with Crippen molar-refractivity contribution in [2.45, 2.75) is 44.8 Å². The molecule has 2 heterocycles. The van der Waals surface area contributed by atoms with E-state index in [1.165, 1.54) is 0 Å². The molecule has 1 aromatic heterocycles. The van der Waals surface area contributed by atoms with E-state index in [0.29, 0.717) is 28.6 Å². The number of carbonyl (C=O) groups excluding carboxylic acids is 1. The molecule has 0 saturated carbocycles. The van der Waals surface area contributed by atoms with E-state index in [1.807, 2.05) is 12.1 Å². The van der Waals surface area contributed by atoms with Crippen LogP contribution in [0, 0.1) is 4.84 Å². The number of nitrogens with one attached hydrogen (secondary N) is 2. The lowest BCUT2D eigenvalue weighted by Crippen LogP contribution is -2.15. The maximum absolute atomic E-state index is 12.0. The van der Waals surface area contributed by atoms with Crippen molar-refractivity contribution in [1.82, 2.24) is 4.98 Å². The number of aromatic nitrogens is 1. The molecule has 0 spiro atoms. The number of hydrogen-bond donors (Lipinski definition) is 2. The van der Waals surface area contributed by atoms with E-state index in [4.69, 9.17) is 21.4 Å². The molecule has 1 amide bonds. The van der Waals surface area contributed by atoms with Crippen molar-refractivity contribution < 1.29 is 13.9 Å². The molecular weight excluding hydrogens is 288 g/mol. The Kier molecular flexibility index (Phi) is 4.07. The first-order valence-corrected chi connectivity index (χ1v) is 7.59. The number of carbonyl (C=O) groups is 1. The number of benzene rings is 1. The van der Waals surface area contributed by atoms with Gasteiger partial charge in [0.2, 0.25) is 5.91 Å². The zero-order valence-electron chi connectivity index (χ0n) is 11.8. The Bertz CT molecular complexity index is 706. The summed E-state index contributed by atoms with van der Waals surface area (Å²) in [6.45, 7) is 2.07. The number of rotatable bonds is 4. The molecule has 1 aliphatic heterocycles. The molecule has 1 aliphatic rings. The molecule has 6 heteroatoms. The molecule has 112 valence electrons. The normalized spacial score (nSPS) is 21.8. The van der Waals surface area contributed by atoms with Gasteiger partial charge in [-0.15, -0.1) is 0 Å². The van der Waals surface area contributed by atoms with Crippen LogP contribution < -0.4 is 5.32 Å². The van der Waals surface area contributed by atoms with Crippen molar-refractivity contribution in [2.75, 3.05) is 5.32 Å². The lowest BCUT2D eigenvalue weighted by Gasteiger charge is -2.10. The number of fused-ring (bicyclic) bond motifs is 1. The Balaban J connectivity index is 1.56. The average Bonchev–Trinajstić information content (AvgIpc) is 3.01. The zero-order chi connectivity index (χ0) is 14.8. The highest BCUT2D eigenvalue weighted by atomic mass is 32.1. The maximum Gasteiger partial charge on any atom is 0.266 e. The van der Waals surface area contributed by atoms with Gasteiger partial charge in [0.15, 0.2) is 5.58 Å². The van der Waals surface area contributed by atoms with Crippen molar-refractivity contribution in [1.29, 1.82) is 0 Å². The Morgan fingerprint density at radius 1 is 1.48 bits per heavy atom. The molecule has 0 radical (unpaired) electrons. The Hall–Kier alpha value is -1.66. The predicted molar refractivity (Wildman–Crippen MR) is 82.8 cm³/mol. The molecule has 5 nitrogen and oxygen atoms in total. The van der Waals surface area contributed by atoms with Gasteiger partial charge in [0.1, 0.15) is 0 Å². The van der Waals surface area contributed by atoms with Crippen LogP contribution in [0.15, 0.2) is 22.6 Å². The molecule has 21 heavy (non-hydrogen) atoms. The summed E-state index contributed by atoms with van der Waals surface area (Å²) in [6.07, 6.45) is 3.90. The summed E-state index contributed by atoms with van der Waals surface area (Å²) in [5.74, 6) is -0.00774. The Morgan fingerprint density at radius 2 is 2.33 bits per heavy atom. The number of hydrogen-bond acceptors (Lipinski definition) is 4. The van der Waals surface area contributed by atoms with Crippen LogP contribution in [0.5, 0.6) is 0 Å². The maximum atomic E-state index is 12.0. The molecular formula is C15H18N2O3S. The minimum Gasteiger partial charge on any atom is -0.429 e. The summed E-state index contributed by atoms with van der Waals surface area (Å²) < 4.78 is 11.0. The number of anilines is 1. The van der Waals surface area contributed by atoms with Crippen molar-refractivity contribution in [2.24, 2.45) is 0 Å². The summed E-state index contributed by atoms with van der Waals surface area (Å²) in [4.78, 5) is 15.2. The topological polar surface area (TPSA) is 67.3 Å². The van der Waals surface area contributed by atoms with Gasteiger partial charge in [-0.1, -0.05) is 0 Å². The van der Waals surface area contributed by atoms with Crippen LogP contribution in [-0.4, -0.2) is 23.1 Å². The third-order valence-corrected chi connectivity index (χ3v) is 3.90. The highest BCUT2D eigenvalue weighted by Crippen LogP contribution is 2.23. The van der Waals surface area contributed by atoms with Crippen molar-refractivity contribution >= 4 is 34.9 Å². The average molecular weight is 306 g/mol. The van der Waals surface area contributed by atoms with E-state index in [1.54, 1.807) is 6.07 Å². The standard InChI is InChI=1S/C15H18N2O3S/c1-9-2-4-11(19-9)5-7-14(18)16-10-3-6-12-13(8-10)20-15(21)17-12/h3,6,8-9,11H,2,4-5,7H2,1H3,(H,16,18)(H,17,21)/t9-,11+/m1/s1. The van der Waals surface area contributed by atoms with E-state index in [0.717, 1.165) is 24.8 Å². The lowest BCUT2D eigenvalue weighted by molar-refractivity contribution is -0.116. The van der Waals surface area contributed by atoms with Crippen LogP contribution in [0.25, 0.3) is 11.1 Å². The molecule has 1 saturated heterocycles. The number of H-pyrrole nitrogens is 1. The fourth-order valence-electron chi connectivity index (χ4n) is 2.64. The van der Waals surface area contributed by atoms with Gasteiger partial charge < -0.3 is 19.5 Å². The van der Waals surface area contributed by atoms with Crippen molar-refractivity contribution in [3.05, 3.63) is 23.0 Å². The first kappa shape index (κ1) is 14.3. The van der Waals surface area contributed by atoms with Gasteiger partial charge in [-0.05, 0) is 50.5 Å². The van der Waals surface area contributed by atoms with E-state index >= 15 is 0 Å². The van der Waals surface area contributed by atoms with Crippen molar-refractivity contribution in [3.8, 4) is 0 Å². The minimum absolute atomic E-state index is 0.00774.